The Labute approximate surface area is 144 Å². The number of aliphatic carboxylic acids is 1. The van der Waals surface area contributed by atoms with Crippen molar-refractivity contribution in [1.29, 1.82) is 0 Å². The monoisotopic (exact) mass is 364 g/mol. The van der Waals surface area contributed by atoms with Gasteiger partial charge in [-0.15, -0.1) is 0 Å². The van der Waals surface area contributed by atoms with Crippen molar-refractivity contribution < 1.29 is 23.2 Å². The molecule has 132 valence electrons. The number of para-hydroxylation sites is 1. The summed E-state index contributed by atoms with van der Waals surface area (Å²) in [7, 11) is -4.07. The highest BCUT2D eigenvalue weighted by Crippen LogP contribution is 2.26. The third-order valence-corrected chi connectivity index (χ3v) is 5.24. The zero-order valence-electron chi connectivity index (χ0n) is 13.1. The number of carboxylic acids is 1. The van der Waals surface area contributed by atoms with Gasteiger partial charge in [0.25, 0.3) is 15.7 Å². The third kappa shape index (κ3) is 4.54. The molecule has 0 aromatic heterocycles. The number of benzene rings is 2. The number of hydrogen-bond donors (Lipinski definition) is 1. The third-order valence-electron chi connectivity index (χ3n) is 3.41. The number of anilines is 1. The normalized spacial score (nSPS) is 11.0. The Morgan fingerprint density at radius 3 is 2.40 bits per heavy atom. The number of carboxylic acid groups (broad SMARTS) is 1. The molecule has 0 radical (unpaired) electrons. The van der Waals surface area contributed by atoms with Crippen molar-refractivity contribution in [2.75, 3.05) is 10.8 Å². The minimum atomic E-state index is -4.07. The molecule has 8 nitrogen and oxygen atoms in total. The summed E-state index contributed by atoms with van der Waals surface area (Å²) in [5.74, 6) is -1.03. The molecule has 0 aliphatic rings. The lowest BCUT2D eigenvalue weighted by molar-refractivity contribution is -0.385. The molecule has 0 aliphatic heterocycles. The van der Waals surface area contributed by atoms with E-state index < -0.39 is 20.9 Å². The first-order chi connectivity index (χ1) is 11.8. The van der Waals surface area contributed by atoms with Crippen molar-refractivity contribution in [3.05, 3.63) is 64.7 Å². The van der Waals surface area contributed by atoms with E-state index in [1.54, 1.807) is 30.3 Å². The van der Waals surface area contributed by atoms with Gasteiger partial charge in [-0.3, -0.25) is 19.2 Å². The molecule has 0 amide bonds. The molecule has 0 heterocycles. The Hall–Kier alpha value is -2.94. The molecular weight excluding hydrogens is 348 g/mol. The summed E-state index contributed by atoms with van der Waals surface area (Å²) < 4.78 is 26.9. The smallest absolute Gasteiger partial charge is 0.303 e. The fourth-order valence-electron chi connectivity index (χ4n) is 2.24. The van der Waals surface area contributed by atoms with Crippen LogP contribution in [-0.4, -0.2) is 31.0 Å². The number of nitrogens with zero attached hydrogens (tertiary/aromatic N) is 2. The molecule has 0 saturated heterocycles. The van der Waals surface area contributed by atoms with E-state index in [0.717, 1.165) is 10.4 Å². The Morgan fingerprint density at radius 2 is 1.80 bits per heavy atom. The summed E-state index contributed by atoms with van der Waals surface area (Å²) >= 11 is 0. The van der Waals surface area contributed by atoms with Gasteiger partial charge < -0.3 is 5.11 Å². The van der Waals surface area contributed by atoms with Crippen LogP contribution >= 0.6 is 0 Å². The van der Waals surface area contributed by atoms with Crippen molar-refractivity contribution in [2.45, 2.75) is 17.7 Å². The van der Waals surface area contributed by atoms with Crippen molar-refractivity contribution in [3.63, 3.8) is 0 Å². The quantitative estimate of drug-likeness (QED) is 0.568. The highest BCUT2D eigenvalue weighted by molar-refractivity contribution is 7.92. The Morgan fingerprint density at radius 1 is 1.12 bits per heavy atom. The SMILES string of the molecule is O=C(O)CCCN(c1ccccc1)S(=O)(=O)c1cccc([N+](=O)[O-])c1. The van der Waals surface area contributed by atoms with Crippen LogP contribution in [-0.2, 0) is 14.8 Å². The molecule has 0 fully saturated rings. The number of rotatable bonds is 8. The standard InChI is InChI=1S/C16H16N2O6S/c19-16(20)10-5-11-17(13-6-2-1-3-7-13)25(23,24)15-9-4-8-14(12-15)18(21)22/h1-4,6-9,12H,5,10-11H2,(H,19,20). The summed E-state index contributed by atoms with van der Waals surface area (Å²) in [6, 6.07) is 13.0. The lowest BCUT2D eigenvalue weighted by atomic mass is 10.3. The van der Waals surface area contributed by atoms with Crippen molar-refractivity contribution in [3.8, 4) is 0 Å². The predicted octanol–water partition coefficient (Wildman–Crippen LogP) is 2.65. The summed E-state index contributed by atoms with van der Waals surface area (Å²) in [5.41, 5.74) is 0.0269. The molecule has 1 N–H and O–H groups in total. The van der Waals surface area contributed by atoms with Gasteiger partial charge in [-0.2, -0.15) is 0 Å². The zero-order chi connectivity index (χ0) is 18.4. The van der Waals surface area contributed by atoms with Crippen LogP contribution in [0.1, 0.15) is 12.8 Å². The van der Waals surface area contributed by atoms with Gasteiger partial charge in [0, 0.05) is 25.1 Å². The Kier molecular flexibility index (Phi) is 5.71. The van der Waals surface area contributed by atoms with Crippen LogP contribution in [0.5, 0.6) is 0 Å². The van der Waals surface area contributed by atoms with E-state index in [1.165, 1.54) is 18.2 Å². The number of sulfonamides is 1. The maximum Gasteiger partial charge on any atom is 0.303 e. The van der Waals surface area contributed by atoms with Gasteiger partial charge in [0.15, 0.2) is 0 Å². The molecule has 0 saturated carbocycles. The van der Waals surface area contributed by atoms with Crippen LogP contribution in [0, 0.1) is 10.1 Å². The van der Waals surface area contributed by atoms with Crippen LogP contribution in [0.4, 0.5) is 11.4 Å². The number of non-ortho nitro benzene ring substituents is 1. The average Bonchev–Trinajstić information content (AvgIpc) is 2.59. The van der Waals surface area contributed by atoms with E-state index in [9.17, 15) is 23.3 Å². The van der Waals surface area contributed by atoms with Gasteiger partial charge in [0.2, 0.25) is 0 Å². The highest BCUT2D eigenvalue weighted by atomic mass is 32.2. The Bertz CT molecular complexity index is 867. The summed E-state index contributed by atoms with van der Waals surface area (Å²) in [6.07, 6.45) is -0.0772. The second-order valence-electron chi connectivity index (χ2n) is 5.16. The minimum absolute atomic E-state index is 0.0542. The van der Waals surface area contributed by atoms with Gasteiger partial charge in [-0.05, 0) is 24.6 Å². The number of hydrogen-bond acceptors (Lipinski definition) is 5. The number of nitro groups is 1. The highest BCUT2D eigenvalue weighted by Gasteiger charge is 2.26. The van der Waals surface area contributed by atoms with Crippen LogP contribution in [0.25, 0.3) is 0 Å². The van der Waals surface area contributed by atoms with Crippen LogP contribution in [0.3, 0.4) is 0 Å². The molecule has 0 aliphatic carbocycles. The molecule has 25 heavy (non-hydrogen) atoms. The molecule has 0 spiro atoms. The van der Waals surface area contributed by atoms with Crippen molar-refractivity contribution in [1.82, 2.24) is 0 Å². The van der Waals surface area contributed by atoms with E-state index in [2.05, 4.69) is 0 Å². The summed E-state index contributed by atoms with van der Waals surface area (Å²) in [6.45, 7) is -0.0542. The lowest BCUT2D eigenvalue weighted by Gasteiger charge is -2.24. The van der Waals surface area contributed by atoms with Crippen LogP contribution < -0.4 is 4.31 Å². The molecule has 0 bridgehead atoms. The topological polar surface area (TPSA) is 118 Å². The van der Waals surface area contributed by atoms with E-state index in [0.29, 0.717) is 5.69 Å². The van der Waals surface area contributed by atoms with Crippen LogP contribution in [0.15, 0.2) is 59.5 Å². The fourth-order valence-corrected chi connectivity index (χ4v) is 3.78. The molecule has 9 heteroatoms. The first-order valence-corrected chi connectivity index (χ1v) is 8.80. The maximum absolute atomic E-state index is 12.9. The zero-order valence-corrected chi connectivity index (χ0v) is 13.9. The molecule has 2 aromatic carbocycles. The number of nitro benzene ring substituents is 1. The van der Waals surface area contributed by atoms with Gasteiger partial charge >= 0.3 is 5.97 Å². The molecule has 0 unspecified atom stereocenters. The second-order valence-corrected chi connectivity index (χ2v) is 7.03. The van der Waals surface area contributed by atoms with Gasteiger partial charge in [-0.25, -0.2) is 8.42 Å². The first-order valence-electron chi connectivity index (χ1n) is 7.36. The van der Waals surface area contributed by atoms with Crippen molar-refractivity contribution in [2.24, 2.45) is 0 Å². The van der Waals surface area contributed by atoms with Gasteiger partial charge in [-0.1, -0.05) is 24.3 Å². The van der Waals surface area contributed by atoms with E-state index in [1.807, 2.05) is 0 Å². The van der Waals surface area contributed by atoms with E-state index >= 15 is 0 Å². The fraction of sp³-hybridized carbons (Fsp3) is 0.188. The maximum atomic E-state index is 12.9. The second kappa shape index (κ2) is 7.75. The number of carbonyl (C=O) groups is 1. The average molecular weight is 364 g/mol. The molecule has 2 aromatic rings. The Balaban J connectivity index is 2.42. The summed E-state index contributed by atoms with van der Waals surface area (Å²) in [4.78, 5) is 20.7. The van der Waals surface area contributed by atoms with Crippen molar-refractivity contribution >= 4 is 27.4 Å². The lowest BCUT2D eigenvalue weighted by Crippen LogP contribution is -2.32. The largest absolute Gasteiger partial charge is 0.481 e. The first kappa shape index (κ1) is 18.4. The molecule has 2 rings (SSSR count). The van der Waals surface area contributed by atoms with Crippen LogP contribution in [0.2, 0.25) is 0 Å². The predicted molar refractivity (Wildman–Crippen MR) is 90.9 cm³/mol. The summed E-state index contributed by atoms with van der Waals surface area (Å²) in [5, 5.41) is 19.7. The molecular formula is C16H16N2O6S. The van der Waals surface area contributed by atoms with Gasteiger partial charge in [0.1, 0.15) is 0 Å². The minimum Gasteiger partial charge on any atom is -0.481 e. The van der Waals surface area contributed by atoms with E-state index in [-0.39, 0.29) is 30.0 Å². The van der Waals surface area contributed by atoms with E-state index in [4.69, 9.17) is 5.11 Å². The van der Waals surface area contributed by atoms with Gasteiger partial charge in [0.05, 0.1) is 15.5 Å². The molecule has 0 atom stereocenters.